The Hall–Kier alpha value is -0.830. The summed E-state index contributed by atoms with van der Waals surface area (Å²) in [6.45, 7) is 4.38. The second-order valence-electron chi connectivity index (χ2n) is 4.02. The van der Waals surface area contributed by atoms with Gasteiger partial charge in [0.2, 0.25) is 0 Å². The largest absolute Gasteiger partial charge is 0.330 e. The van der Waals surface area contributed by atoms with Crippen LogP contribution in [-0.2, 0) is 0 Å². The third kappa shape index (κ3) is 1.48. The summed E-state index contributed by atoms with van der Waals surface area (Å²) in [6.07, 6.45) is 6.07. The lowest BCUT2D eigenvalue weighted by molar-refractivity contribution is 0.583. The quantitative estimate of drug-likeness (QED) is 0.769. The van der Waals surface area contributed by atoms with E-state index in [-0.39, 0.29) is 6.04 Å². The number of nitrogens with zero attached hydrogens (tertiary/aromatic N) is 2. The standard InChI is InChI=1S/C10H17N3/c1-3-8(11)10-5-12-6-13(10)9-4-7(9)2/h5-9H,3-4,11H2,1-2H3/t7?,8-,9?/m1/s1. The molecule has 0 saturated heterocycles. The fourth-order valence-electron chi connectivity index (χ4n) is 1.78. The van der Waals surface area contributed by atoms with Gasteiger partial charge in [0.05, 0.1) is 12.0 Å². The zero-order chi connectivity index (χ0) is 9.42. The Morgan fingerprint density at radius 2 is 2.46 bits per heavy atom. The Kier molecular flexibility index (Phi) is 2.12. The van der Waals surface area contributed by atoms with E-state index in [1.54, 1.807) is 0 Å². The van der Waals surface area contributed by atoms with Crippen molar-refractivity contribution < 1.29 is 0 Å². The van der Waals surface area contributed by atoms with Crippen LogP contribution in [0.5, 0.6) is 0 Å². The third-order valence-electron chi connectivity index (χ3n) is 2.94. The van der Waals surface area contributed by atoms with Crippen molar-refractivity contribution in [2.24, 2.45) is 11.7 Å². The van der Waals surface area contributed by atoms with Crippen LogP contribution in [0, 0.1) is 5.92 Å². The Morgan fingerprint density at radius 3 is 3.00 bits per heavy atom. The monoisotopic (exact) mass is 179 g/mol. The van der Waals surface area contributed by atoms with Gasteiger partial charge in [-0.15, -0.1) is 0 Å². The number of imidazole rings is 1. The summed E-state index contributed by atoms with van der Waals surface area (Å²) < 4.78 is 2.25. The van der Waals surface area contributed by atoms with Crippen LogP contribution in [0.2, 0.25) is 0 Å². The molecule has 13 heavy (non-hydrogen) atoms. The molecule has 0 spiro atoms. The van der Waals surface area contributed by atoms with Crippen molar-refractivity contribution in [3.05, 3.63) is 18.2 Å². The molecule has 0 bridgehead atoms. The number of hydrogen-bond acceptors (Lipinski definition) is 2. The van der Waals surface area contributed by atoms with Crippen molar-refractivity contribution in [1.29, 1.82) is 0 Å². The molecule has 0 radical (unpaired) electrons. The van der Waals surface area contributed by atoms with Crippen molar-refractivity contribution in [2.45, 2.75) is 38.8 Å². The van der Waals surface area contributed by atoms with Gasteiger partial charge in [0.1, 0.15) is 0 Å². The van der Waals surface area contributed by atoms with Crippen LogP contribution in [0.3, 0.4) is 0 Å². The van der Waals surface area contributed by atoms with E-state index in [0.717, 1.165) is 12.3 Å². The summed E-state index contributed by atoms with van der Waals surface area (Å²) in [6, 6.07) is 0.811. The molecule has 1 fully saturated rings. The number of nitrogens with two attached hydrogens (primary N) is 1. The Morgan fingerprint density at radius 1 is 1.77 bits per heavy atom. The Labute approximate surface area is 79.0 Å². The van der Waals surface area contributed by atoms with Crippen LogP contribution in [0.25, 0.3) is 0 Å². The molecule has 1 heterocycles. The topological polar surface area (TPSA) is 43.8 Å². The molecular weight excluding hydrogens is 162 g/mol. The zero-order valence-electron chi connectivity index (χ0n) is 8.27. The van der Waals surface area contributed by atoms with Gasteiger partial charge >= 0.3 is 0 Å². The minimum Gasteiger partial charge on any atom is -0.330 e. The summed E-state index contributed by atoms with van der Waals surface area (Å²) >= 11 is 0. The molecule has 3 nitrogen and oxygen atoms in total. The van der Waals surface area contributed by atoms with Gasteiger partial charge in [-0.05, 0) is 18.8 Å². The summed E-state index contributed by atoms with van der Waals surface area (Å²) in [4.78, 5) is 4.17. The molecule has 3 heteroatoms. The van der Waals surface area contributed by atoms with Crippen LogP contribution in [0.4, 0.5) is 0 Å². The first-order valence-electron chi connectivity index (χ1n) is 5.01. The Bertz CT molecular complexity index is 274. The summed E-state index contributed by atoms with van der Waals surface area (Å²) in [7, 11) is 0. The maximum Gasteiger partial charge on any atom is 0.0951 e. The van der Waals surface area contributed by atoms with Gasteiger partial charge in [0, 0.05) is 18.3 Å². The fraction of sp³-hybridized carbons (Fsp3) is 0.700. The number of aromatic nitrogens is 2. The molecule has 1 aliphatic rings. The van der Waals surface area contributed by atoms with Gasteiger partial charge in [-0.3, -0.25) is 0 Å². The molecule has 1 aromatic rings. The van der Waals surface area contributed by atoms with Crippen LogP contribution in [0.15, 0.2) is 12.5 Å². The maximum absolute atomic E-state index is 5.99. The molecule has 1 aromatic heterocycles. The SMILES string of the molecule is CC[C@@H](N)c1cncn1C1CC1C. The van der Waals surface area contributed by atoms with E-state index >= 15 is 0 Å². The normalized spacial score (nSPS) is 28.8. The molecule has 1 aliphatic carbocycles. The van der Waals surface area contributed by atoms with E-state index in [9.17, 15) is 0 Å². The lowest BCUT2D eigenvalue weighted by atomic mass is 10.2. The van der Waals surface area contributed by atoms with E-state index in [0.29, 0.717) is 6.04 Å². The van der Waals surface area contributed by atoms with E-state index in [4.69, 9.17) is 5.73 Å². The van der Waals surface area contributed by atoms with Gasteiger partial charge in [-0.1, -0.05) is 13.8 Å². The zero-order valence-corrected chi connectivity index (χ0v) is 8.27. The molecule has 0 aromatic carbocycles. The number of hydrogen-bond donors (Lipinski definition) is 1. The first-order chi connectivity index (χ1) is 6.24. The lowest BCUT2D eigenvalue weighted by Crippen LogP contribution is -2.13. The van der Waals surface area contributed by atoms with Crippen molar-refractivity contribution in [2.75, 3.05) is 0 Å². The van der Waals surface area contributed by atoms with Gasteiger partial charge in [0.25, 0.3) is 0 Å². The molecule has 3 atom stereocenters. The van der Waals surface area contributed by atoms with Crippen molar-refractivity contribution >= 4 is 0 Å². The average molecular weight is 179 g/mol. The van der Waals surface area contributed by atoms with E-state index in [2.05, 4.69) is 23.4 Å². The van der Waals surface area contributed by atoms with Gasteiger partial charge in [-0.2, -0.15) is 0 Å². The highest BCUT2D eigenvalue weighted by atomic mass is 15.1. The molecule has 0 aliphatic heterocycles. The van der Waals surface area contributed by atoms with Crippen LogP contribution >= 0.6 is 0 Å². The Balaban J connectivity index is 2.21. The van der Waals surface area contributed by atoms with Crippen molar-refractivity contribution in [3.8, 4) is 0 Å². The first-order valence-corrected chi connectivity index (χ1v) is 5.01. The fourth-order valence-corrected chi connectivity index (χ4v) is 1.78. The number of rotatable bonds is 3. The average Bonchev–Trinajstić information content (AvgIpc) is 2.69. The molecule has 1 saturated carbocycles. The minimum absolute atomic E-state index is 0.148. The highest BCUT2D eigenvalue weighted by Gasteiger charge is 2.35. The maximum atomic E-state index is 5.99. The highest BCUT2D eigenvalue weighted by Crippen LogP contribution is 2.43. The lowest BCUT2D eigenvalue weighted by Gasteiger charge is -2.12. The second-order valence-corrected chi connectivity index (χ2v) is 4.02. The molecule has 2 N–H and O–H groups in total. The van der Waals surface area contributed by atoms with E-state index < -0.39 is 0 Å². The van der Waals surface area contributed by atoms with Gasteiger partial charge < -0.3 is 10.3 Å². The predicted octanol–water partition coefficient (Wildman–Crippen LogP) is 1.87. The third-order valence-corrected chi connectivity index (χ3v) is 2.94. The summed E-state index contributed by atoms with van der Waals surface area (Å²) in [5.41, 5.74) is 7.18. The highest BCUT2D eigenvalue weighted by molar-refractivity contribution is 5.09. The molecule has 72 valence electrons. The van der Waals surface area contributed by atoms with Crippen molar-refractivity contribution in [3.63, 3.8) is 0 Å². The second kappa shape index (κ2) is 3.14. The molecule has 2 unspecified atom stereocenters. The smallest absolute Gasteiger partial charge is 0.0951 e. The van der Waals surface area contributed by atoms with Gasteiger partial charge in [0.15, 0.2) is 0 Å². The summed E-state index contributed by atoms with van der Waals surface area (Å²) in [5.74, 6) is 0.803. The molecule has 0 amide bonds. The van der Waals surface area contributed by atoms with Crippen molar-refractivity contribution in [1.82, 2.24) is 9.55 Å². The van der Waals surface area contributed by atoms with Crippen LogP contribution in [0.1, 0.15) is 44.5 Å². The first kappa shape index (κ1) is 8.75. The predicted molar refractivity (Wildman–Crippen MR) is 52.3 cm³/mol. The van der Waals surface area contributed by atoms with E-state index in [1.165, 1.54) is 12.1 Å². The van der Waals surface area contributed by atoms with Crippen LogP contribution in [-0.4, -0.2) is 9.55 Å². The molecule has 2 rings (SSSR count). The summed E-state index contributed by atoms with van der Waals surface area (Å²) in [5, 5.41) is 0. The molecular formula is C10H17N3. The van der Waals surface area contributed by atoms with Crippen LogP contribution < -0.4 is 5.73 Å². The minimum atomic E-state index is 0.148. The van der Waals surface area contributed by atoms with Gasteiger partial charge in [-0.25, -0.2) is 4.98 Å². The van der Waals surface area contributed by atoms with E-state index in [1.807, 2.05) is 12.5 Å².